The van der Waals surface area contributed by atoms with Crippen molar-refractivity contribution in [3.63, 3.8) is 0 Å². The number of carbonyl (C=O) groups excluding carboxylic acids is 1. The van der Waals surface area contributed by atoms with Gasteiger partial charge in [-0.15, -0.1) is 0 Å². The van der Waals surface area contributed by atoms with E-state index in [-0.39, 0.29) is 12.3 Å². The molecule has 1 N–H and O–H groups in total. The predicted octanol–water partition coefficient (Wildman–Crippen LogP) is 4.60. The number of anilines is 3. The molecule has 0 saturated carbocycles. The molecule has 1 aliphatic heterocycles. The van der Waals surface area contributed by atoms with Gasteiger partial charge in [-0.1, -0.05) is 18.2 Å². The van der Waals surface area contributed by atoms with E-state index in [1.165, 1.54) is 6.07 Å². The van der Waals surface area contributed by atoms with Crippen LogP contribution in [0.2, 0.25) is 0 Å². The summed E-state index contributed by atoms with van der Waals surface area (Å²) in [6, 6.07) is 13.4. The van der Waals surface area contributed by atoms with E-state index in [0.717, 1.165) is 30.9 Å². The smallest absolute Gasteiger partial charge is 0.416 e. The summed E-state index contributed by atoms with van der Waals surface area (Å²) in [5, 5.41) is 2.45. The zero-order valence-electron chi connectivity index (χ0n) is 15.5. The van der Waals surface area contributed by atoms with Gasteiger partial charge in [0, 0.05) is 31.9 Å². The molecule has 1 heterocycles. The fourth-order valence-electron chi connectivity index (χ4n) is 3.21. The zero-order valence-corrected chi connectivity index (χ0v) is 15.5. The topological polar surface area (TPSA) is 44.8 Å². The molecular weight excluding hydrogens is 371 g/mol. The number of benzene rings is 2. The lowest BCUT2D eigenvalue weighted by atomic mass is 10.1. The molecule has 3 rings (SSSR count). The Hall–Kier alpha value is -2.90. The van der Waals surface area contributed by atoms with Gasteiger partial charge < -0.3 is 14.5 Å². The van der Waals surface area contributed by atoms with E-state index in [4.69, 9.17) is 4.74 Å². The van der Waals surface area contributed by atoms with E-state index in [9.17, 15) is 18.0 Å². The third-order valence-corrected chi connectivity index (χ3v) is 4.58. The van der Waals surface area contributed by atoms with Crippen molar-refractivity contribution in [2.75, 3.05) is 47.9 Å². The maximum Gasteiger partial charge on any atom is 0.416 e. The number of ether oxygens (including phenoxy) is 1. The van der Waals surface area contributed by atoms with Crippen molar-refractivity contribution in [1.82, 2.24) is 0 Å². The number of nitrogens with zero attached hydrogens (tertiary/aromatic N) is 2. The molecule has 8 heteroatoms. The maximum atomic E-state index is 13.1. The van der Waals surface area contributed by atoms with Crippen molar-refractivity contribution in [3.8, 4) is 0 Å². The van der Waals surface area contributed by atoms with Crippen LogP contribution in [0.3, 0.4) is 0 Å². The standard InChI is InChI=1S/C20H22F3N3O2/c1-2-28-19(27)24-17-14-15(20(21,22)23)8-9-18(17)26-12-10-25(11-13-26)16-6-4-3-5-7-16/h3-9,14H,2,10-13H2,1H3,(H,24,27). The number of piperazine rings is 1. The fraction of sp³-hybridized carbons (Fsp3) is 0.350. The summed E-state index contributed by atoms with van der Waals surface area (Å²) in [7, 11) is 0. The molecule has 0 bridgehead atoms. The first-order valence-electron chi connectivity index (χ1n) is 9.08. The second-order valence-electron chi connectivity index (χ2n) is 6.38. The maximum absolute atomic E-state index is 13.1. The van der Waals surface area contributed by atoms with Crippen LogP contribution in [0.15, 0.2) is 48.5 Å². The molecular formula is C20H22F3N3O2. The van der Waals surface area contributed by atoms with Crippen molar-refractivity contribution in [2.45, 2.75) is 13.1 Å². The van der Waals surface area contributed by atoms with Gasteiger partial charge in [0.2, 0.25) is 0 Å². The molecule has 0 unspecified atom stereocenters. The number of para-hydroxylation sites is 1. The summed E-state index contributed by atoms with van der Waals surface area (Å²) < 4.78 is 44.1. The van der Waals surface area contributed by atoms with Crippen LogP contribution in [0.4, 0.5) is 35.0 Å². The van der Waals surface area contributed by atoms with Crippen LogP contribution in [-0.2, 0) is 10.9 Å². The molecule has 1 fully saturated rings. The predicted molar refractivity (Wildman–Crippen MR) is 103 cm³/mol. The number of alkyl halides is 3. The Bertz CT molecular complexity index is 804. The molecule has 0 aliphatic carbocycles. The van der Waals surface area contributed by atoms with Crippen LogP contribution in [0, 0.1) is 0 Å². The summed E-state index contributed by atoms with van der Waals surface area (Å²) in [6.45, 7) is 4.47. The van der Waals surface area contributed by atoms with Crippen molar-refractivity contribution in [3.05, 3.63) is 54.1 Å². The van der Waals surface area contributed by atoms with E-state index in [1.54, 1.807) is 6.92 Å². The van der Waals surface area contributed by atoms with Crippen molar-refractivity contribution in [1.29, 1.82) is 0 Å². The highest BCUT2D eigenvalue weighted by atomic mass is 19.4. The van der Waals surface area contributed by atoms with Crippen LogP contribution < -0.4 is 15.1 Å². The summed E-state index contributed by atoms with van der Waals surface area (Å²) in [5.74, 6) is 0. The Balaban J connectivity index is 1.79. The zero-order chi connectivity index (χ0) is 20.1. The minimum Gasteiger partial charge on any atom is -0.450 e. The highest BCUT2D eigenvalue weighted by Crippen LogP contribution is 2.36. The fourth-order valence-corrected chi connectivity index (χ4v) is 3.21. The van der Waals surface area contributed by atoms with Gasteiger partial charge in [-0.3, -0.25) is 5.32 Å². The van der Waals surface area contributed by atoms with E-state index in [2.05, 4.69) is 10.2 Å². The molecule has 5 nitrogen and oxygen atoms in total. The third-order valence-electron chi connectivity index (χ3n) is 4.58. The second kappa shape index (κ2) is 8.41. The third kappa shape index (κ3) is 4.68. The number of amides is 1. The SMILES string of the molecule is CCOC(=O)Nc1cc(C(F)(F)F)ccc1N1CCN(c2ccccc2)CC1. The van der Waals surface area contributed by atoms with Crippen LogP contribution in [0.1, 0.15) is 12.5 Å². The highest BCUT2D eigenvalue weighted by Gasteiger charge is 2.32. The lowest BCUT2D eigenvalue weighted by Crippen LogP contribution is -2.46. The largest absolute Gasteiger partial charge is 0.450 e. The molecule has 1 saturated heterocycles. The minimum absolute atomic E-state index is 0.0986. The minimum atomic E-state index is -4.49. The number of halogens is 3. The Morgan fingerprint density at radius 3 is 2.29 bits per heavy atom. The molecule has 1 aliphatic rings. The number of hydrogen-bond acceptors (Lipinski definition) is 4. The first kappa shape index (κ1) is 19.9. The van der Waals surface area contributed by atoms with Gasteiger partial charge in [-0.05, 0) is 37.3 Å². The second-order valence-corrected chi connectivity index (χ2v) is 6.38. The molecule has 28 heavy (non-hydrogen) atoms. The van der Waals surface area contributed by atoms with E-state index in [0.29, 0.717) is 18.8 Å². The van der Waals surface area contributed by atoms with E-state index in [1.807, 2.05) is 35.2 Å². The molecule has 150 valence electrons. The average Bonchev–Trinajstić information content (AvgIpc) is 2.68. The van der Waals surface area contributed by atoms with Crippen LogP contribution in [0.5, 0.6) is 0 Å². The molecule has 0 aromatic heterocycles. The first-order valence-corrected chi connectivity index (χ1v) is 9.08. The Morgan fingerprint density at radius 2 is 1.68 bits per heavy atom. The summed E-state index contributed by atoms with van der Waals surface area (Å²) in [5.41, 5.74) is 0.945. The van der Waals surface area contributed by atoms with Gasteiger partial charge >= 0.3 is 12.3 Å². The lowest BCUT2D eigenvalue weighted by Gasteiger charge is -2.38. The van der Waals surface area contributed by atoms with Crippen molar-refractivity contribution < 1.29 is 22.7 Å². The molecule has 0 atom stereocenters. The normalized spacial score (nSPS) is 14.7. The summed E-state index contributed by atoms with van der Waals surface area (Å²) in [6.07, 6.45) is -5.26. The lowest BCUT2D eigenvalue weighted by molar-refractivity contribution is -0.137. The van der Waals surface area contributed by atoms with Crippen LogP contribution in [-0.4, -0.2) is 38.9 Å². The van der Waals surface area contributed by atoms with Gasteiger partial charge in [-0.25, -0.2) is 4.79 Å². The molecule has 0 radical (unpaired) electrons. The van der Waals surface area contributed by atoms with Crippen molar-refractivity contribution >= 4 is 23.2 Å². The van der Waals surface area contributed by atoms with Gasteiger partial charge in [0.25, 0.3) is 0 Å². The Kier molecular flexibility index (Phi) is 5.96. The monoisotopic (exact) mass is 393 g/mol. The quantitative estimate of drug-likeness (QED) is 0.825. The van der Waals surface area contributed by atoms with Gasteiger partial charge in [0.1, 0.15) is 0 Å². The molecule has 2 aromatic rings. The van der Waals surface area contributed by atoms with Gasteiger partial charge in [-0.2, -0.15) is 13.2 Å². The number of hydrogen-bond donors (Lipinski definition) is 1. The number of carbonyl (C=O) groups is 1. The van der Waals surface area contributed by atoms with E-state index < -0.39 is 17.8 Å². The van der Waals surface area contributed by atoms with Gasteiger partial charge in [0.05, 0.1) is 23.5 Å². The van der Waals surface area contributed by atoms with Crippen molar-refractivity contribution in [2.24, 2.45) is 0 Å². The van der Waals surface area contributed by atoms with Gasteiger partial charge in [0.15, 0.2) is 0 Å². The number of rotatable bonds is 4. The average molecular weight is 393 g/mol. The summed E-state index contributed by atoms with van der Waals surface area (Å²) in [4.78, 5) is 16.0. The number of nitrogens with one attached hydrogen (secondary N) is 1. The molecule has 1 amide bonds. The first-order chi connectivity index (χ1) is 13.4. The Labute approximate surface area is 161 Å². The van der Waals surface area contributed by atoms with Crippen LogP contribution >= 0.6 is 0 Å². The summed E-state index contributed by atoms with van der Waals surface area (Å²) >= 11 is 0. The molecule has 0 spiro atoms. The molecule has 2 aromatic carbocycles. The Morgan fingerprint density at radius 1 is 1.04 bits per heavy atom. The highest BCUT2D eigenvalue weighted by molar-refractivity contribution is 5.90. The van der Waals surface area contributed by atoms with Crippen LogP contribution in [0.25, 0.3) is 0 Å². The van der Waals surface area contributed by atoms with E-state index >= 15 is 0 Å².